The number of ether oxygens (including phenoxy) is 6. The van der Waals surface area contributed by atoms with E-state index in [1.807, 2.05) is 0 Å². The Kier molecular flexibility index (Phi) is 10.3. The summed E-state index contributed by atoms with van der Waals surface area (Å²) < 4.78 is 39.6. The first kappa shape index (κ1) is 36.2. The zero-order valence-corrected chi connectivity index (χ0v) is 26.5. The highest BCUT2D eigenvalue weighted by molar-refractivity contribution is 5.88. The Bertz CT molecular complexity index is 1710. The Balaban J connectivity index is 1.31. The number of aliphatic hydroxyl groups excluding tert-OH is 8. The lowest BCUT2D eigenvalue weighted by Gasteiger charge is -2.44. The van der Waals surface area contributed by atoms with Crippen molar-refractivity contribution in [3.8, 4) is 34.3 Å². The topological polar surface area (TPSA) is 288 Å². The highest BCUT2D eigenvalue weighted by atomic mass is 16.7. The fourth-order valence-corrected chi connectivity index (χ4v) is 5.94. The van der Waals surface area contributed by atoms with E-state index in [4.69, 9.17) is 32.8 Å². The largest absolute Gasteiger partial charge is 0.508 e. The molecule has 18 heteroatoms. The standard InChI is InChI=1S/C32H38O18/c1-10-19(36)22(39)25(42)31(45-10)47-14-7-15(34)18-17(8-14)48-28(12-3-5-13(33)6-4-12)29(21(18)38)50-32-26(43)23(40)27(11(2)46-32)49-30-24(41)20(37)16(35)9-44-30/h3-8,10-11,16,19-20,22-27,30-37,39-43H,9H2,1-2H3/t10?,11?,16-,19+,20+,22?,23?,24?,25+,26+,27+,30+,31+,32+/m1/s1. The Morgan fingerprint density at radius 2 is 1.32 bits per heavy atom. The van der Waals surface area contributed by atoms with Crippen LogP contribution in [0.2, 0.25) is 0 Å². The number of benzene rings is 2. The summed E-state index contributed by atoms with van der Waals surface area (Å²) in [4.78, 5) is 14.0. The molecule has 0 aliphatic carbocycles. The van der Waals surface area contributed by atoms with E-state index in [1.165, 1.54) is 44.2 Å². The highest BCUT2D eigenvalue weighted by Crippen LogP contribution is 2.39. The Hall–Kier alpha value is -3.63. The van der Waals surface area contributed by atoms with Crippen LogP contribution in [0.15, 0.2) is 45.6 Å². The van der Waals surface area contributed by atoms with E-state index in [0.29, 0.717) is 0 Å². The van der Waals surface area contributed by atoms with Gasteiger partial charge in [-0.1, -0.05) is 0 Å². The number of hydrogen-bond donors (Lipinski definition) is 10. The molecule has 14 atom stereocenters. The smallest absolute Gasteiger partial charge is 0.239 e. The average molecular weight is 711 g/mol. The predicted octanol–water partition coefficient (Wildman–Crippen LogP) is -2.25. The number of aliphatic hydroxyl groups is 8. The monoisotopic (exact) mass is 710 g/mol. The van der Waals surface area contributed by atoms with Gasteiger partial charge in [0, 0.05) is 17.7 Å². The zero-order valence-electron chi connectivity index (χ0n) is 26.5. The molecule has 3 saturated heterocycles. The second-order valence-electron chi connectivity index (χ2n) is 12.4. The van der Waals surface area contributed by atoms with E-state index in [0.717, 1.165) is 6.07 Å². The fraction of sp³-hybridized carbons (Fsp3) is 0.531. The SMILES string of the molecule is CC1O[C@@H](Oc2cc(O)c3c(=O)c(O[C@@H]4OC(C)[C@H](O[C@@H]5OC[C@@H](O)[C@H](O)C5O)C(O)[C@@H]4O)c(-c4ccc(O)cc4)oc3c2)[C@@H](O)C(O)[C@H]1O. The number of phenols is 2. The molecule has 2 aromatic carbocycles. The van der Waals surface area contributed by atoms with Gasteiger partial charge in [0.2, 0.25) is 23.8 Å². The van der Waals surface area contributed by atoms with Crippen molar-refractivity contribution in [2.45, 2.75) is 99.9 Å². The van der Waals surface area contributed by atoms with E-state index in [-0.39, 0.29) is 35.0 Å². The molecule has 0 spiro atoms. The maximum absolute atomic E-state index is 14.0. The molecule has 4 heterocycles. The Morgan fingerprint density at radius 3 is 2.02 bits per heavy atom. The minimum atomic E-state index is -1.89. The predicted molar refractivity (Wildman–Crippen MR) is 164 cm³/mol. The normalized spacial score (nSPS) is 37.8. The van der Waals surface area contributed by atoms with Crippen LogP contribution in [0.4, 0.5) is 0 Å². The lowest BCUT2D eigenvalue weighted by molar-refractivity contribution is -0.334. The number of phenolic OH excluding ortho intramolecular Hbond substituents is 2. The number of hydrogen-bond acceptors (Lipinski definition) is 18. The number of aromatic hydroxyl groups is 2. The van der Waals surface area contributed by atoms with Gasteiger partial charge in [-0.05, 0) is 38.1 Å². The molecule has 0 saturated carbocycles. The minimum Gasteiger partial charge on any atom is -0.508 e. The van der Waals surface area contributed by atoms with E-state index in [1.54, 1.807) is 0 Å². The van der Waals surface area contributed by atoms with Gasteiger partial charge in [0.05, 0.1) is 18.8 Å². The summed E-state index contributed by atoms with van der Waals surface area (Å²) in [5, 5.41) is 103. The molecular weight excluding hydrogens is 672 g/mol. The van der Waals surface area contributed by atoms with Crippen LogP contribution in [0.3, 0.4) is 0 Å². The van der Waals surface area contributed by atoms with Gasteiger partial charge in [0.15, 0.2) is 12.1 Å². The third-order valence-corrected chi connectivity index (χ3v) is 8.85. The van der Waals surface area contributed by atoms with Gasteiger partial charge in [-0.15, -0.1) is 0 Å². The van der Waals surface area contributed by atoms with E-state index >= 15 is 0 Å². The second-order valence-corrected chi connectivity index (χ2v) is 12.4. The van der Waals surface area contributed by atoms with Gasteiger partial charge in [-0.3, -0.25) is 4.79 Å². The van der Waals surface area contributed by atoms with Crippen molar-refractivity contribution in [1.29, 1.82) is 0 Å². The fourth-order valence-electron chi connectivity index (χ4n) is 5.94. The third kappa shape index (κ3) is 6.73. The molecule has 10 N–H and O–H groups in total. The van der Waals surface area contributed by atoms with Gasteiger partial charge < -0.3 is 83.9 Å². The van der Waals surface area contributed by atoms with Gasteiger partial charge in [0.25, 0.3) is 0 Å². The van der Waals surface area contributed by atoms with Crippen molar-refractivity contribution in [2.24, 2.45) is 0 Å². The maximum atomic E-state index is 14.0. The van der Waals surface area contributed by atoms with E-state index < -0.39 is 108 Å². The van der Waals surface area contributed by atoms with Crippen LogP contribution in [0.5, 0.6) is 23.0 Å². The summed E-state index contributed by atoms with van der Waals surface area (Å²) in [6.45, 7) is 2.50. The van der Waals surface area contributed by atoms with Crippen LogP contribution in [-0.4, -0.2) is 144 Å². The van der Waals surface area contributed by atoms with E-state index in [2.05, 4.69) is 0 Å². The van der Waals surface area contributed by atoms with Crippen molar-refractivity contribution in [2.75, 3.05) is 6.61 Å². The Morgan fingerprint density at radius 1 is 0.700 bits per heavy atom. The molecule has 0 amide bonds. The zero-order chi connectivity index (χ0) is 36.2. The van der Waals surface area contributed by atoms with Crippen LogP contribution in [0.1, 0.15) is 13.8 Å². The van der Waals surface area contributed by atoms with Crippen LogP contribution in [0, 0.1) is 0 Å². The van der Waals surface area contributed by atoms with Crippen molar-refractivity contribution >= 4 is 11.0 Å². The lowest BCUT2D eigenvalue weighted by Crippen LogP contribution is -2.62. The summed E-state index contributed by atoms with van der Waals surface area (Å²) in [6, 6.07) is 7.56. The summed E-state index contributed by atoms with van der Waals surface area (Å²) in [6.07, 6.45) is -21.1. The lowest BCUT2D eigenvalue weighted by atomic mass is 9.99. The van der Waals surface area contributed by atoms with Gasteiger partial charge >= 0.3 is 0 Å². The third-order valence-electron chi connectivity index (χ3n) is 8.85. The minimum absolute atomic E-state index is 0.122. The van der Waals surface area contributed by atoms with Crippen LogP contribution < -0.4 is 14.9 Å². The highest BCUT2D eigenvalue weighted by Gasteiger charge is 2.49. The molecular formula is C32H38O18. The second kappa shape index (κ2) is 14.2. The molecule has 1 aromatic heterocycles. The summed E-state index contributed by atoms with van der Waals surface area (Å²) >= 11 is 0. The number of rotatable bonds is 7. The van der Waals surface area contributed by atoms with Crippen molar-refractivity contribution in [3.63, 3.8) is 0 Å². The molecule has 274 valence electrons. The first-order valence-electron chi connectivity index (χ1n) is 15.6. The average Bonchev–Trinajstić information content (AvgIpc) is 3.08. The molecule has 0 radical (unpaired) electrons. The van der Waals surface area contributed by atoms with Crippen LogP contribution in [-0.2, 0) is 18.9 Å². The quantitative estimate of drug-likeness (QED) is 0.124. The molecule has 3 aromatic rings. The maximum Gasteiger partial charge on any atom is 0.239 e. The Labute approximate surface area is 282 Å². The molecule has 5 unspecified atom stereocenters. The molecule has 0 bridgehead atoms. The molecule has 3 aliphatic rings. The molecule has 3 fully saturated rings. The molecule has 50 heavy (non-hydrogen) atoms. The van der Waals surface area contributed by atoms with Crippen LogP contribution in [0.25, 0.3) is 22.3 Å². The van der Waals surface area contributed by atoms with Gasteiger partial charge in [-0.2, -0.15) is 0 Å². The molecule has 18 nitrogen and oxygen atoms in total. The van der Waals surface area contributed by atoms with Crippen molar-refractivity contribution < 1.29 is 83.9 Å². The first-order chi connectivity index (χ1) is 23.7. The van der Waals surface area contributed by atoms with Crippen molar-refractivity contribution in [1.82, 2.24) is 0 Å². The van der Waals surface area contributed by atoms with Gasteiger partial charge in [0.1, 0.15) is 83.2 Å². The van der Waals surface area contributed by atoms with Crippen molar-refractivity contribution in [3.05, 3.63) is 46.6 Å². The van der Waals surface area contributed by atoms with Crippen LogP contribution >= 0.6 is 0 Å². The number of fused-ring (bicyclic) bond motifs is 1. The van der Waals surface area contributed by atoms with Gasteiger partial charge in [-0.25, -0.2) is 0 Å². The summed E-state index contributed by atoms with van der Waals surface area (Å²) in [7, 11) is 0. The first-order valence-corrected chi connectivity index (χ1v) is 15.6. The van der Waals surface area contributed by atoms with E-state index in [9.17, 15) is 55.9 Å². The summed E-state index contributed by atoms with van der Waals surface area (Å²) in [5.74, 6) is -1.79. The molecule has 6 rings (SSSR count). The summed E-state index contributed by atoms with van der Waals surface area (Å²) in [5.41, 5.74) is -1.02. The molecule has 3 aliphatic heterocycles.